The predicted octanol–water partition coefficient (Wildman–Crippen LogP) is 3.13. The van der Waals surface area contributed by atoms with Gasteiger partial charge in [0.2, 0.25) is 15.0 Å². The second-order valence-corrected chi connectivity index (χ2v) is 9.06. The maximum Gasteiger partial charge on any atom is 0.232 e. The SMILES string of the molecule is O=C1CC(CS(=O)(=O)Cl)CN1c1cc(Br)cc(Br)c1. The Labute approximate surface area is 132 Å². The van der Waals surface area contributed by atoms with Crippen LogP contribution < -0.4 is 4.90 Å². The molecule has 1 saturated heterocycles. The zero-order chi connectivity index (χ0) is 14.2. The Hall–Kier alpha value is -0.110. The Morgan fingerprint density at radius 2 is 1.84 bits per heavy atom. The van der Waals surface area contributed by atoms with Crippen LogP contribution in [0.1, 0.15) is 6.42 Å². The maximum absolute atomic E-state index is 12.0. The molecule has 4 nitrogen and oxygen atoms in total. The number of hydrogen-bond donors (Lipinski definition) is 0. The van der Waals surface area contributed by atoms with Gasteiger partial charge < -0.3 is 4.90 Å². The fourth-order valence-electron chi connectivity index (χ4n) is 2.12. The number of anilines is 1. The summed E-state index contributed by atoms with van der Waals surface area (Å²) < 4.78 is 23.8. The van der Waals surface area contributed by atoms with Crippen molar-refractivity contribution in [3.63, 3.8) is 0 Å². The fourth-order valence-corrected chi connectivity index (χ4v) is 4.71. The van der Waals surface area contributed by atoms with Crippen LogP contribution in [0, 0.1) is 5.92 Å². The molecule has 1 heterocycles. The summed E-state index contributed by atoms with van der Waals surface area (Å²) in [5.41, 5.74) is 0.737. The zero-order valence-electron chi connectivity index (χ0n) is 9.64. The molecule has 0 N–H and O–H groups in total. The molecule has 0 aliphatic carbocycles. The van der Waals surface area contributed by atoms with Crippen molar-refractivity contribution < 1.29 is 13.2 Å². The third-order valence-electron chi connectivity index (χ3n) is 2.80. The number of benzene rings is 1. The molecule has 0 bridgehead atoms. The summed E-state index contributed by atoms with van der Waals surface area (Å²) in [6, 6.07) is 5.51. The molecule has 0 radical (unpaired) electrons. The van der Waals surface area contributed by atoms with Crippen LogP contribution in [0.4, 0.5) is 5.69 Å². The number of carbonyl (C=O) groups is 1. The van der Waals surface area contributed by atoms with Crippen molar-refractivity contribution in [2.24, 2.45) is 5.92 Å². The maximum atomic E-state index is 12.0. The molecule has 19 heavy (non-hydrogen) atoms. The number of halogens is 3. The van der Waals surface area contributed by atoms with E-state index in [0.29, 0.717) is 6.54 Å². The topological polar surface area (TPSA) is 54.5 Å². The van der Waals surface area contributed by atoms with Gasteiger partial charge in [-0.3, -0.25) is 4.79 Å². The molecule has 1 aliphatic rings. The lowest BCUT2D eigenvalue weighted by Crippen LogP contribution is -2.25. The first kappa shape index (κ1) is 15.3. The molecule has 1 aliphatic heterocycles. The van der Waals surface area contributed by atoms with Crippen LogP contribution in [0.5, 0.6) is 0 Å². The molecule has 0 aromatic heterocycles. The van der Waals surface area contributed by atoms with Gasteiger partial charge in [-0.25, -0.2) is 8.42 Å². The van der Waals surface area contributed by atoms with Gasteiger partial charge in [0.25, 0.3) is 0 Å². The van der Waals surface area contributed by atoms with E-state index in [4.69, 9.17) is 10.7 Å². The number of rotatable bonds is 3. The third kappa shape index (κ3) is 4.18. The van der Waals surface area contributed by atoms with E-state index in [0.717, 1.165) is 14.6 Å². The molecular weight excluding hydrogens is 421 g/mol. The van der Waals surface area contributed by atoms with E-state index in [1.54, 1.807) is 4.90 Å². The minimum absolute atomic E-state index is 0.0877. The van der Waals surface area contributed by atoms with Crippen LogP contribution in [0.25, 0.3) is 0 Å². The highest BCUT2D eigenvalue weighted by molar-refractivity contribution is 9.11. The minimum Gasteiger partial charge on any atom is -0.312 e. The number of nitrogens with zero attached hydrogens (tertiary/aromatic N) is 1. The smallest absolute Gasteiger partial charge is 0.232 e. The largest absolute Gasteiger partial charge is 0.312 e. The molecule has 1 aromatic carbocycles. The lowest BCUT2D eigenvalue weighted by Gasteiger charge is -2.17. The van der Waals surface area contributed by atoms with E-state index in [9.17, 15) is 13.2 Å². The summed E-state index contributed by atoms with van der Waals surface area (Å²) >= 11 is 6.72. The molecule has 8 heteroatoms. The summed E-state index contributed by atoms with van der Waals surface area (Å²) in [5.74, 6) is -0.519. The summed E-state index contributed by atoms with van der Waals surface area (Å²) in [7, 11) is 1.65. The molecule has 1 amide bonds. The highest BCUT2D eigenvalue weighted by atomic mass is 79.9. The Balaban J connectivity index is 2.20. The summed E-state index contributed by atoms with van der Waals surface area (Å²) in [5, 5.41) is 0. The van der Waals surface area contributed by atoms with Gasteiger partial charge in [-0.15, -0.1) is 0 Å². The van der Waals surface area contributed by atoms with Crippen LogP contribution in [0.15, 0.2) is 27.1 Å². The van der Waals surface area contributed by atoms with E-state index < -0.39 is 9.05 Å². The molecule has 1 unspecified atom stereocenters. The van der Waals surface area contributed by atoms with Gasteiger partial charge in [0, 0.05) is 44.2 Å². The first-order chi connectivity index (χ1) is 8.74. The van der Waals surface area contributed by atoms with Crippen molar-refractivity contribution in [3.05, 3.63) is 27.1 Å². The number of amides is 1. The van der Waals surface area contributed by atoms with Gasteiger partial charge in [0.1, 0.15) is 0 Å². The Kier molecular flexibility index (Phi) is 4.59. The summed E-state index contributed by atoms with van der Waals surface area (Å²) in [6.07, 6.45) is 0.204. The molecule has 1 atom stereocenters. The predicted molar refractivity (Wildman–Crippen MR) is 81.9 cm³/mol. The van der Waals surface area contributed by atoms with Gasteiger partial charge in [-0.1, -0.05) is 31.9 Å². The molecule has 2 rings (SSSR count). The van der Waals surface area contributed by atoms with Crippen LogP contribution in [-0.4, -0.2) is 26.6 Å². The third-order valence-corrected chi connectivity index (χ3v) is 4.96. The number of hydrogen-bond acceptors (Lipinski definition) is 3. The Morgan fingerprint density at radius 3 is 2.37 bits per heavy atom. The molecule has 1 aromatic rings. The van der Waals surface area contributed by atoms with Gasteiger partial charge >= 0.3 is 0 Å². The summed E-state index contributed by atoms with van der Waals surface area (Å²) in [6.45, 7) is 0.369. The molecule has 1 fully saturated rings. The standard InChI is InChI=1S/C11H10Br2ClNO3S/c12-8-2-9(13)4-10(3-8)15-5-7(1-11(15)16)6-19(14,17)18/h2-4,7H,1,5-6H2. The second-order valence-electron chi connectivity index (χ2n) is 4.41. The van der Waals surface area contributed by atoms with Crippen molar-refractivity contribution in [2.75, 3.05) is 17.2 Å². The van der Waals surface area contributed by atoms with Crippen LogP contribution in [0.2, 0.25) is 0 Å². The van der Waals surface area contributed by atoms with Crippen molar-refractivity contribution >= 4 is 63.2 Å². The molecule has 104 valence electrons. The lowest BCUT2D eigenvalue weighted by atomic mass is 10.1. The molecule has 0 saturated carbocycles. The highest BCUT2D eigenvalue weighted by Gasteiger charge is 2.33. The van der Waals surface area contributed by atoms with Crippen LogP contribution in [-0.2, 0) is 13.8 Å². The van der Waals surface area contributed by atoms with E-state index >= 15 is 0 Å². The van der Waals surface area contributed by atoms with Crippen LogP contribution >= 0.6 is 42.5 Å². The van der Waals surface area contributed by atoms with Gasteiger partial charge in [0.15, 0.2) is 0 Å². The van der Waals surface area contributed by atoms with Crippen molar-refractivity contribution in [1.82, 2.24) is 0 Å². The van der Waals surface area contributed by atoms with Gasteiger partial charge in [-0.05, 0) is 18.2 Å². The quantitative estimate of drug-likeness (QED) is 0.691. The Morgan fingerprint density at radius 1 is 1.26 bits per heavy atom. The second kappa shape index (κ2) is 5.71. The van der Waals surface area contributed by atoms with E-state index in [-0.39, 0.29) is 24.0 Å². The Bertz CT molecular complexity index is 600. The zero-order valence-corrected chi connectivity index (χ0v) is 14.4. The number of carbonyl (C=O) groups excluding carboxylic acids is 1. The van der Waals surface area contributed by atoms with Crippen molar-refractivity contribution in [2.45, 2.75) is 6.42 Å². The lowest BCUT2D eigenvalue weighted by molar-refractivity contribution is -0.117. The monoisotopic (exact) mass is 429 g/mol. The van der Waals surface area contributed by atoms with Crippen LogP contribution in [0.3, 0.4) is 0 Å². The first-order valence-corrected chi connectivity index (χ1v) is 9.50. The highest BCUT2D eigenvalue weighted by Crippen LogP contribution is 2.31. The van der Waals surface area contributed by atoms with E-state index in [1.165, 1.54) is 0 Å². The first-order valence-electron chi connectivity index (χ1n) is 5.43. The normalized spacial score (nSPS) is 20.1. The van der Waals surface area contributed by atoms with Crippen molar-refractivity contribution in [1.29, 1.82) is 0 Å². The molecule has 0 spiro atoms. The van der Waals surface area contributed by atoms with E-state index in [1.807, 2.05) is 18.2 Å². The molecular formula is C11H10Br2ClNO3S. The van der Waals surface area contributed by atoms with E-state index in [2.05, 4.69) is 31.9 Å². The average Bonchev–Trinajstić information content (AvgIpc) is 2.54. The fraction of sp³-hybridized carbons (Fsp3) is 0.364. The average molecular weight is 432 g/mol. The van der Waals surface area contributed by atoms with Gasteiger partial charge in [0.05, 0.1) is 5.75 Å². The van der Waals surface area contributed by atoms with Crippen molar-refractivity contribution in [3.8, 4) is 0 Å². The van der Waals surface area contributed by atoms with Gasteiger partial charge in [-0.2, -0.15) is 0 Å². The summed E-state index contributed by atoms with van der Waals surface area (Å²) in [4.78, 5) is 13.5. The minimum atomic E-state index is -3.58.